The van der Waals surface area contributed by atoms with Crippen molar-refractivity contribution >= 4 is 28.2 Å². The molecule has 0 fully saturated rings. The maximum absolute atomic E-state index is 12.0. The van der Waals surface area contributed by atoms with E-state index >= 15 is 0 Å². The molecule has 0 bridgehead atoms. The lowest BCUT2D eigenvalue weighted by Crippen LogP contribution is -2.22. The van der Waals surface area contributed by atoms with Gasteiger partial charge in [0.05, 0.1) is 12.7 Å². The fraction of sp³-hybridized carbons (Fsp3) is 0.538. The van der Waals surface area contributed by atoms with Crippen molar-refractivity contribution in [3.8, 4) is 0 Å². The average molecular weight is 269 g/mol. The van der Waals surface area contributed by atoms with Gasteiger partial charge in [0.25, 0.3) is 0 Å². The highest BCUT2D eigenvalue weighted by molar-refractivity contribution is 7.16. The molecular formula is C13H19NO3S. The van der Waals surface area contributed by atoms with Crippen molar-refractivity contribution in [2.45, 2.75) is 33.6 Å². The molecule has 0 unspecified atom stereocenters. The predicted molar refractivity (Wildman–Crippen MR) is 73.1 cm³/mol. The van der Waals surface area contributed by atoms with Gasteiger partial charge in [0, 0.05) is 10.8 Å². The molecule has 0 aliphatic heterocycles. The van der Waals surface area contributed by atoms with Crippen molar-refractivity contribution < 1.29 is 14.3 Å². The summed E-state index contributed by atoms with van der Waals surface area (Å²) in [6.45, 7) is 5.85. The van der Waals surface area contributed by atoms with Crippen LogP contribution in [0.4, 0.5) is 5.00 Å². The summed E-state index contributed by atoms with van der Waals surface area (Å²) in [5.74, 6) is -0.468. The monoisotopic (exact) mass is 269 g/mol. The molecule has 0 saturated heterocycles. The second-order valence-electron chi connectivity index (χ2n) is 4.09. The quantitative estimate of drug-likeness (QED) is 0.835. The Morgan fingerprint density at radius 1 is 1.39 bits per heavy atom. The number of anilines is 1. The number of amides is 1. The zero-order valence-electron chi connectivity index (χ0n) is 11.2. The number of carbonyl (C=O) groups is 2. The van der Waals surface area contributed by atoms with E-state index in [0.29, 0.717) is 10.6 Å². The molecule has 1 aromatic rings. The smallest absolute Gasteiger partial charge is 0.340 e. The fourth-order valence-electron chi connectivity index (χ4n) is 1.74. The van der Waals surface area contributed by atoms with E-state index in [2.05, 4.69) is 5.32 Å². The van der Waals surface area contributed by atoms with Gasteiger partial charge in [-0.15, -0.1) is 11.3 Å². The summed E-state index contributed by atoms with van der Waals surface area (Å²) < 4.78 is 4.70. The van der Waals surface area contributed by atoms with Gasteiger partial charge in [-0.3, -0.25) is 4.79 Å². The highest BCUT2D eigenvalue weighted by atomic mass is 32.1. The molecule has 0 atom stereocenters. The number of carbonyl (C=O) groups excluding carboxylic acids is 2. The Morgan fingerprint density at radius 3 is 2.50 bits per heavy atom. The zero-order valence-corrected chi connectivity index (χ0v) is 12.0. The van der Waals surface area contributed by atoms with Gasteiger partial charge in [0.1, 0.15) is 5.00 Å². The lowest BCUT2D eigenvalue weighted by atomic mass is 10.0. The van der Waals surface area contributed by atoms with Crippen molar-refractivity contribution in [2.75, 3.05) is 12.4 Å². The number of aryl methyl sites for hydroxylation is 1. The number of ether oxygens (including phenoxy) is 1. The molecule has 18 heavy (non-hydrogen) atoms. The molecule has 0 spiro atoms. The number of nitrogens with one attached hydrogen (secondary N) is 1. The highest BCUT2D eigenvalue weighted by Crippen LogP contribution is 2.29. The molecule has 1 heterocycles. The number of esters is 1. The van der Waals surface area contributed by atoms with Crippen LogP contribution < -0.4 is 5.32 Å². The van der Waals surface area contributed by atoms with Crippen LogP contribution in [0.25, 0.3) is 0 Å². The van der Waals surface area contributed by atoms with E-state index in [9.17, 15) is 9.59 Å². The minimum Gasteiger partial charge on any atom is -0.465 e. The van der Waals surface area contributed by atoms with E-state index in [1.54, 1.807) is 6.07 Å². The Labute approximate surface area is 111 Å². The van der Waals surface area contributed by atoms with Crippen LogP contribution in [0.1, 0.15) is 41.9 Å². The van der Waals surface area contributed by atoms with E-state index in [4.69, 9.17) is 4.74 Å². The molecular weight excluding hydrogens is 250 g/mol. The normalized spacial score (nSPS) is 10.5. The van der Waals surface area contributed by atoms with Crippen molar-refractivity contribution in [1.29, 1.82) is 0 Å². The summed E-state index contributed by atoms with van der Waals surface area (Å²) in [6.07, 6.45) is 1.58. The third-order valence-corrected chi connectivity index (χ3v) is 3.82. The molecule has 4 nitrogen and oxygen atoms in total. The van der Waals surface area contributed by atoms with Gasteiger partial charge in [0.15, 0.2) is 0 Å². The van der Waals surface area contributed by atoms with Gasteiger partial charge in [-0.2, -0.15) is 0 Å². The summed E-state index contributed by atoms with van der Waals surface area (Å²) in [6, 6.07) is 1.74. The third-order valence-electron chi connectivity index (χ3n) is 2.85. The lowest BCUT2D eigenvalue weighted by molar-refractivity contribution is -0.120. The second kappa shape index (κ2) is 6.54. The van der Waals surface area contributed by atoms with Crippen LogP contribution in [0.5, 0.6) is 0 Å². The largest absolute Gasteiger partial charge is 0.465 e. The molecule has 5 heteroatoms. The first-order valence-electron chi connectivity index (χ1n) is 6.03. The minimum absolute atomic E-state index is 0.0158. The van der Waals surface area contributed by atoms with Gasteiger partial charge in [-0.25, -0.2) is 4.79 Å². The van der Waals surface area contributed by atoms with Crippen molar-refractivity contribution in [3.05, 3.63) is 16.5 Å². The zero-order chi connectivity index (χ0) is 13.7. The van der Waals surface area contributed by atoms with Gasteiger partial charge in [-0.1, -0.05) is 13.8 Å². The first-order chi connectivity index (χ1) is 8.53. The van der Waals surface area contributed by atoms with Crippen molar-refractivity contribution in [1.82, 2.24) is 0 Å². The van der Waals surface area contributed by atoms with Gasteiger partial charge < -0.3 is 10.1 Å². The van der Waals surface area contributed by atoms with E-state index < -0.39 is 5.97 Å². The lowest BCUT2D eigenvalue weighted by Gasteiger charge is -2.12. The van der Waals surface area contributed by atoms with E-state index in [1.807, 2.05) is 20.8 Å². The highest BCUT2D eigenvalue weighted by Gasteiger charge is 2.20. The summed E-state index contributed by atoms with van der Waals surface area (Å²) in [7, 11) is 1.34. The number of hydrogen-bond acceptors (Lipinski definition) is 4. The van der Waals surface area contributed by atoms with Crippen LogP contribution in [0, 0.1) is 12.8 Å². The Balaban J connectivity index is 2.90. The summed E-state index contributed by atoms with van der Waals surface area (Å²) in [5.41, 5.74) is 0.430. The summed E-state index contributed by atoms with van der Waals surface area (Å²) in [4.78, 5) is 24.5. The Morgan fingerprint density at radius 2 is 2.00 bits per heavy atom. The first-order valence-corrected chi connectivity index (χ1v) is 6.84. The number of rotatable bonds is 5. The standard InChI is InChI=1S/C13H19NO3S/c1-5-9(6-2)11(15)14-12-10(13(16)17-4)7-8(3)18-12/h7,9H,5-6H2,1-4H3,(H,14,15). The molecule has 0 aliphatic carbocycles. The van der Waals surface area contributed by atoms with Gasteiger partial charge in [-0.05, 0) is 25.8 Å². The molecule has 100 valence electrons. The van der Waals surface area contributed by atoms with Crippen molar-refractivity contribution in [3.63, 3.8) is 0 Å². The number of methoxy groups -OCH3 is 1. The summed E-state index contributed by atoms with van der Waals surface area (Å²) >= 11 is 1.39. The Bertz CT molecular complexity index is 435. The SMILES string of the molecule is CCC(CC)C(=O)Nc1sc(C)cc1C(=O)OC. The van der Waals surface area contributed by atoms with Crippen LogP contribution >= 0.6 is 11.3 Å². The van der Waals surface area contributed by atoms with E-state index in [1.165, 1.54) is 18.4 Å². The molecule has 0 radical (unpaired) electrons. The molecule has 1 aromatic heterocycles. The average Bonchev–Trinajstić information content (AvgIpc) is 2.70. The van der Waals surface area contributed by atoms with Gasteiger partial charge in [0.2, 0.25) is 5.91 Å². The molecule has 1 N–H and O–H groups in total. The first kappa shape index (κ1) is 14.7. The molecule has 0 saturated carbocycles. The molecule has 0 aliphatic rings. The Kier molecular flexibility index (Phi) is 5.34. The van der Waals surface area contributed by atoms with Gasteiger partial charge >= 0.3 is 5.97 Å². The number of hydrogen-bond donors (Lipinski definition) is 1. The van der Waals surface area contributed by atoms with Crippen LogP contribution in [0.3, 0.4) is 0 Å². The van der Waals surface area contributed by atoms with Crippen molar-refractivity contribution in [2.24, 2.45) is 5.92 Å². The van der Waals surface area contributed by atoms with Crippen LogP contribution in [-0.4, -0.2) is 19.0 Å². The molecule has 1 rings (SSSR count). The third kappa shape index (κ3) is 3.32. The topological polar surface area (TPSA) is 55.4 Å². The minimum atomic E-state index is -0.417. The summed E-state index contributed by atoms with van der Waals surface area (Å²) in [5, 5.41) is 3.41. The van der Waals surface area contributed by atoms with E-state index in [0.717, 1.165) is 17.7 Å². The van der Waals surface area contributed by atoms with Crippen LogP contribution in [0.15, 0.2) is 6.07 Å². The number of thiophene rings is 1. The maximum Gasteiger partial charge on any atom is 0.340 e. The van der Waals surface area contributed by atoms with E-state index in [-0.39, 0.29) is 11.8 Å². The molecule has 1 amide bonds. The molecule has 0 aromatic carbocycles. The fourth-order valence-corrected chi connectivity index (χ4v) is 2.64. The van der Waals surface area contributed by atoms with Crippen LogP contribution in [-0.2, 0) is 9.53 Å². The second-order valence-corrected chi connectivity index (χ2v) is 5.35. The van der Waals surface area contributed by atoms with Crippen LogP contribution in [0.2, 0.25) is 0 Å². The maximum atomic E-state index is 12.0. The Hall–Kier alpha value is -1.36. The predicted octanol–water partition coefficient (Wildman–Crippen LogP) is 3.22.